The summed E-state index contributed by atoms with van der Waals surface area (Å²) >= 11 is 1.06. The van der Waals surface area contributed by atoms with Gasteiger partial charge in [-0.3, -0.25) is 5.32 Å². The van der Waals surface area contributed by atoms with Crippen molar-refractivity contribution < 1.29 is 14.7 Å². The molecule has 0 aliphatic carbocycles. The molecule has 2 aromatic rings. The molecule has 2 amide bonds. The summed E-state index contributed by atoms with van der Waals surface area (Å²) in [6.45, 7) is 0. The van der Waals surface area contributed by atoms with E-state index in [1.54, 1.807) is 0 Å². The number of aromatic carboxylic acids is 1. The van der Waals surface area contributed by atoms with Gasteiger partial charge in [-0.25, -0.2) is 9.59 Å². The Morgan fingerprint density at radius 2 is 1.89 bits per heavy atom. The van der Waals surface area contributed by atoms with Crippen LogP contribution in [0.1, 0.15) is 10.4 Å². The zero-order chi connectivity index (χ0) is 13.0. The van der Waals surface area contributed by atoms with Gasteiger partial charge in [-0.05, 0) is 24.3 Å². The van der Waals surface area contributed by atoms with Crippen LogP contribution < -0.4 is 10.6 Å². The molecule has 3 N–H and O–H groups in total. The summed E-state index contributed by atoms with van der Waals surface area (Å²) in [5.41, 5.74) is 0.655. The average molecular weight is 264 g/mol. The number of anilines is 2. The summed E-state index contributed by atoms with van der Waals surface area (Å²) in [4.78, 5) is 22.1. The molecular weight excluding hydrogens is 256 g/mol. The van der Waals surface area contributed by atoms with Crippen molar-refractivity contribution in [1.29, 1.82) is 0 Å². The van der Waals surface area contributed by atoms with Crippen molar-refractivity contribution in [1.82, 2.24) is 9.59 Å². The van der Waals surface area contributed by atoms with Crippen molar-refractivity contribution in [3.8, 4) is 0 Å². The summed E-state index contributed by atoms with van der Waals surface area (Å²) in [6.07, 6.45) is 1.43. The van der Waals surface area contributed by atoms with Crippen molar-refractivity contribution in [2.24, 2.45) is 0 Å². The van der Waals surface area contributed by atoms with Crippen LogP contribution >= 0.6 is 11.5 Å². The number of hydrogen-bond acceptors (Lipinski definition) is 5. The Kier molecular flexibility index (Phi) is 3.49. The predicted molar refractivity (Wildman–Crippen MR) is 66.0 cm³/mol. The zero-order valence-electron chi connectivity index (χ0n) is 8.95. The van der Waals surface area contributed by atoms with Gasteiger partial charge in [0.05, 0.1) is 11.8 Å². The van der Waals surface area contributed by atoms with E-state index in [9.17, 15) is 9.59 Å². The van der Waals surface area contributed by atoms with Crippen molar-refractivity contribution in [3.05, 3.63) is 36.0 Å². The molecule has 0 fully saturated rings. The lowest BCUT2D eigenvalue weighted by molar-refractivity contribution is 0.0697. The highest BCUT2D eigenvalue weighted by Gasteiger charge is 2.05. The number of carbonyl (C=O) groups is 2. The lowest BCUT2D eigenvalue weighted by Gasteiger charge is -2.05. The van der Waals surface area contributed by atoms with Crippen molar-refractivity contribution in [2.75, 3.05) is 10.6 Å². The van der Waals surface area contributed by atoms with Gasteiger partial charge in [0, 0.05) is 17.2 Å². The number of carboxylic acid groups (broad SMARTS) is 1. The van der Waals surface area contributed by atoms with Crippen LogP contribution in [0.3, 0.4) is 0 Å². The second kappa shape index (κ2) is 5.23. The quantitative estimate of drug-likeness (QED) is 0.785. The third-order valence-electron chi connectivity index (χ3n) is 1.99. The van der Waals surface area contributed by atoms with Gasteiger partial charge in [-0.15, -0.1) is 5.10 Å². The molecule has 0 bridgehead atoms. The topological polar surface area (TPSA) is 104 Å². The van der Waals surface area contributed by atoms with Crippen molar-refractivity contribution in [2.45, 2.75) is 0 Å². The Balaban J connectivity index is 1.97. The molecule has 0 saturated carbocycles. The maximum absolute atomic E-state index is 11.5. The summed E-state index contributed by atoms with van der Waals surface area (Å²) in [5, 5.41) is 17.9. The molecule has 0 saturated heterocycles. The molecule has 18 heavy (non-hydrogen) atoms. The Hall–Kier alpha value is -2.48. The van der Waals surface area contributed by atoms with Crippen LogP contribution in [0.4, 0.5) is 15.5 Å². The van der Waals surface area contributed by atoms with Gasteiger partial charge in [-0.2, -0.15) is 0 Å². The third kappa shape index (κ3) is 3.01. The first-order valence-corrected chi connectivity index (χ1v) is 5.61. The molecule has 7 nitrogen and oxygen atoms in total. The van der Waals surface area contributed by atoms with E-state index >= 15 is 0 Å². The first-order valence-electron chi connectivity index (χ1n) is 4.84. The molecule has 92 valence electrons. The van der Waals surface area contributed by atoms with Crippen LogP contribution in [0.5, 0.6) is 0 Å². The zero-order valence-corrected chi connectivity index (χ0v) is 9.77. The maximum Gasteiger partial charge on any atom is 0.335 e. The molecule has 1 aromatic heterocycles. The normalized spacial score (nSPS) is 9.78. The van der Waals surface area contributed by atoms with Gasteiger partial charge >= 0.3 is 12.0 Å². The summed E-state index contributed by atoms with van der Waals surface area (Å²) in [5.74, 6) is -1.01. The van der Waals surface area contributed by atoms with Crippen LogP contribution in [-0.2, 0) is 0 Å². The second-order valence-corrected chi connectivity index (χ2v) is 4.03. The molecule has 0 aliphatic heterocycles. The lowest BCUT2D eigenvalue weighted by atomic mass is 10.2. The predicted octanol–water partition coefficient (Wildman–Crippen LogP) is 1.88. The van der Waals surface area contributed by atoms with E-state index in [-0.39, 0.29) is 5.56 Å². The third-order valence-corrected chi connectivity index (χ3v) is 2.57. The highest BCUT2D eigenvalue weighted by Crippen LogP contribution is 2.12. The number of carboxylic acids is 1. The minimum atomic E-state index is -1.01. The SMILES string of the molecule is O=C(Nc1ccc(C(=O)O)cc1)Nc1cnns1. The fraction of sp³-hybridized carbons (Fsp3) is 0. The van der Waals surface area contributed by atoms with E-state index in [1.165, 1.54) is 30.5 Å². The van der Waals surface area contributed by atoms with E-state index in [0.29, 0.717) is 10.7 Å². The Morgan fingerprint density at radius 1 is 1.17 bits per heavy atom. The molecule has 1 aromatic carbocycles. The monoisotopic (exact) mass is 264 g/mol. The van der Waals surface area contributed by atoms with Crippen molar-refractivity contribution in [3.63, 3.8) is 0 Å². The second-order valence-electron chi connectivity index (χ2n) is 3.24. The Labute approximate surface area is 106 Å². The summed E-state index contributed by atoms with van der Waals surface area (Å²) < 4.78 is 3.60. The molecule has 0 radical (unpaired) electrons. The molecule has 0 aliphatic rings. The number of aromatic nitrogens is 2. The summed E-state index contributed by atoms with van der Waals surface area (Å²) in [6, 6.07) is 5.39. The van der Waals surface area contributed by atoms with E-state index in [4.69, 9.17) is 5.11 Å². The summed E-state index contributed by atoms with van der Waals surface area (Å²) in [7, 11) is 0. The molecule has 1 heterocycles. The smallest absolute Gasteiger partial charge is 0.335 e. The standard InChI is InChI=1S/C10H8N4O3S/c15-9(16)6-1-3-7(4-2-6)12-10(17)13-8-5-11-14-18-8/h1-5H,(H,15,16)(H2,12,13,17). The maximum atomic E-state index is 11.5. The molecule has 0 spiro atoms. The first kappa shape index (κ1) is 12.0. The van der Waals surface area contributed by atoms with Crippen molar-refractivity contribution >= 4 is 34.2 Å². The van der Waals surface area contributed by atoms with Gasteiger partial charge in [-0.1, -0.05) is 4.49 Å². The van der Waals surface area contributed by atoms with E-state index in [1.807, 2.05) is 0 Å². The molecule has 2 rings (SSSR count). The number of hydrogen-bond donors (Lipinski definition) is 3. The van der Waals surface area contributed by atoms with Gasteiger partial charge < -0.3 is 10.4 Å². The number of amides is 2. The first-order chi connectivity index (χ1) is 8.65. The minimum absolute atomic E-state index is 0.160. The van der Waals surface area contributed by atoms with E-state index in [2.05, 4.69) is 20.2 Å². The van der Waals surface area contributed by atoms with Crippen LogP contribution in [0.2, 0.25) is 0 Å². The number of urea groups is 1. The Morgan fingerprint density at radius 3 is 2.44 bits per heavy atom. The highest BCUT2D eigenvalue weighted by molar-refractivity contribution is 7.10. The van der Waals surface area contributed by atoms with Crippen LogP contribution in [0.25, 0.3) is 0 Å². The van der Waals surface area contributed by atoms with Gasteiger partial charge in [0.25, 0.3) is 0 Å². The minimum Gasteiger partial charge on any atom is -0.478 e. The van der Waals surface area contributed by atoms with Gasteiger partial charge in [0.1, 0.15) is 5.00 Å². The fourth-order valence-electron chi connectivity index (χ4n) is 1.19. The largest absolute Gasteiger partial charge is 0.478 e. The number of nitrogens with zero attached hydrogens (tertiary/aromatic N) is 2. The molecule has 0 unspecified atom stereocenters. The number of nitrogens with one attached hydrogen (secondary N) is 2. The number of rotatable bonds is 3. The molecule has 0 atom stereocenters. The fourth-order valence-corrected chi connectivity index (χ4v) is 1.61. The van der Waals surface area contributed by atoms with E-state index in [0.717, 1.165) is 11.5 Å². The van der Waals surface area contributed by atoms with Crippen LogP contribution in [0.15, 0.2) is 30.5 Å². The Bertz CT molecular complexity index is 553. The van der Waals surface area contributed by atoms with E-state index < -0.39 is 12.0 Å². The average Bonchev–Trinajstić information content (AvgIpc) is 2.82. The van der Waals surface area contributed by atoms with Gasteiger partial charge in [0.2, 0.25) is 0 Å². The highest BCUT2D eigenvalue weighted by atomic mass is 32.1. The lowest BCUT2D eigenvalue weighted by Crippen LogP contribution is -2.18. The van der Waals surface area contributed by atoms with Crippen LogP contribution in [-0.4, -0.2) is 26.7 Å². The number of benzene rings is 1. The van der Waals surface area contributed by atoms with Gasteiger partial charge in [0.15, 0.2) is 0 Å². The number of carbonyl (C=O) groups excluding carboxylic acids is 1. The molecular formula is C10H8N4O3S. The molecule has 8 heteroatoms. The van der Waals surface area contributed by atoms with Crippen LogP contribution in [0, 0.1) is 0 Å².